The zero-order chi connectivity index (χ0) is 14.0. The number of nitrogens with one attached hydrogen (secondary N) is 1. The fourth-order valence-electron chi connectivity index (χ4n) is 3.10. The largest absolute Gasteiger partial charge is 0.465 e. The third-order valence-corrected chi connectivity index (χ3v) is 5.76. The Morgan fingerprint density at radius 1 is 1.37 bits per heavy atom. The Balaban J connectivity index is 2.15. The molecule has 0 aromatic carbocycles. The highest BCUT2D eigenvalue weighted by molar-refractivity contribution is 7.91. The lowest BCUT2D eigenvalue weighted by molar-refractivity contribution is 0.252. The van der Waals surface area contributed by atoms with Crippen LogP contribution in [0.1, 0.15) is 43.2 Å². The second-order valence-electron chi connectivity index (χ2n) is 5.59. The quantitative estimate of drug-likeness (QED) is 0.923. The van der Waals surface area contributed by atoms with Crippen LogP contribution < -0.4 is 5.32 Å². The topological polar surface area (TPSA) is 59.3 Å². The van der Waals surface area contributed by atoms with Crippen molar-refractivity contribution < 1.29 is 12.8 Å². The van der Waals surface area contributed by atoms with E-state index in [0.29, 0.717) is 5.92 Å². The van der Waals surface area contributed by atoms with Gasteiger partial charge >= 0.3 is 0 Å². The molecule has 4 nitrogen and oxygen atoms in total. The summed E-state index contributed by atoms with van der Waals surface area (Å²) in [6.45, 7) is 1.93. The highest BCUT2D eigenvalue weighted by atomic mass is 32.2. The van der Waals surface area contributed by atoms with E-state index in [1.807, 2.05) is 26.1 Å². The first kappa shape index (κ1) is 14.6. The average molecular weight is 285 g/mol. The molecule has 1 fully saturated rings. The van der Waals surface area contributed by atoms with Crippen LogP contribution in [-0.4, -0.2) is 27.0 Å². The van der Waals surface area contributed by atoms with Gasteiger partial charge in [-0.25, -0.2) is 8.42 Å². The van der Waals surface area contributed by atoms with E-state index < -0.39 is 9.84 Å². The van der Waals surface area contributed by atoms with Crippen LogP contribution in [0.25, 0.3) is 0 Å². The second-order valence-corrected chi connectivity index (χ2v) is 7.92. The average Bonchev–Trinajstić information content (AvgIpc) is 2.76. The van der Waals surface area contributed by atoms with Crippen LogP contribution in [0.3, 0.4) is 0 Å². The van der Waals surface area contributed by atoms with Crippen molar-refractivity contribution in [2.24, 2.45) is 5.92 Å². The molecule has 0 radical (unpaired) electrons. The second kappa shape index (κ2) is 5.67. The maximum absolute atomic E-state index is 11.7. The van der Waals surface area contributed by atoms with E-state index in [-0.39, 0.29) is 11.3 Å². The molecular formula is C14H23NO3S. The van der Waals surface area contributed by atoms with Crippen molar-refractivity contribution in [3.05, 3.63) is 23.7 Å². The SMILES string of the molecule is CNC(c1ccc(C)o1)C1CCCC(S(C)(=O)=O)C1. The Kier molecular flexibility index (Phi) is 4.36. The van der Waals surface area contributed by atoms with Gasteiger partial charge in [-0.3, -0.25) is 0 Å². The van der Waals surface area contributed by atoms with Crippen molar-refractivity contribution in [1.82, 2.24) is 5.32 Å². The van der Waals surface area contributed by atoms with Crippen molar-refractivity contribution in [3.8, 4) is 0 Å². The lowest BCUT2D eigenvalue weighted by Gasteiger charge is -2.32. The van der Waals surface area contributed by atoms with Crippen molar-refractivity contribution in [2.45, 2.75) is 43.9 Å². The van der Waals surface area contributed by atoms with Crippen LogP contribution in [0.2, 0.25) is 0 Å². The van der Waals surface area contributed by atoms with E-state index in [9.17, 15) is 8.42 Å². The van der Waals surface area contributed by atoms with E-state index in [0.717, 1.165) is 37.2 Å². The maximum atomic E-state index is 11.7. The van der Waals surface area contributed by atoms with Gasteiger partial charge in [-0.05, 0) is 51.3 Å². The summed E-state index contributed by atoms with van der Waals surface area (Å²) in [5, 5.41) is 3.09. The third kappa shape index (κ3) is 3.39. The minimum Gasteiger partial charge on any atom is -0.465 e. The normalized spacial score (nSPS) is 26.3. The van der Waals surface area contributed by atoms with Gasteiger partial charge in [-0.15, -0.1) is 0 Å². The zero-order valence-corrected chi connectivity index (χ0v) is 12.7. The number of hydrogen-bond acceptors (Lipinski definition) is 4. The first-order chi connectivity index (χ1) is 8.91. The summed E-state index contributed by atoms with van der Waals surface area (Å²) >= 11 is 0. The summed E-state index contributed by atoms with van der Waals surface area (Å²) in [4.78, 5) is 0. The predicted octanol–water partition coefficient (Wildman–Crippen LogP) is 2.45. The first-order valence-corrected chi connectivity index (χ1v) is 8.79. The summed E-state index contributed by atoms with van der Waals surface area (Å²) in [7, 11) is -1.03. The van der Waals surface area contributed by atoms with E-state index in [2.05, 4.69) is 5.32 Å². The number of rotatable bonds is 4. The third-order valence-electron chi connectivity index (χ3n) is 4.12. The van der Waals surface area contributed by atoms with Crippen LogP contribution in [0.5, 0.6) is 0 Å². The van der Waals surface area contributed by atoms with Gasteiger partial charge in [0.1, 0.15) is 21.4 Å². The number of hydrogen-bond donors (Lipinski definition) is 1. The standard InChI is InChI=1S/C14H23NO3S/c1-10-7-8-13(18-10)14(15-2)11-5-4-6-12(9-11)19(3,16)17/h7-8,11-12,14-15H,4-6,9H2,1-3H3. The summed E-state index contributed by atoms with van der Waals surface area (Å²) in [5.41, 5.74) is 0. The molecule has 108 valence electrons. The van der Waals surface area contributed by atoms with Gasteiger partial charge in [0, 0.05) is 6.26 Å². The molecule has 0 amide bonds. The molecule has 1 N–H and O–H groups in total. The summed E-state index contributed by atoms with van der Waals surface area (Å²) in [6.07, 6.45) is 4.90. The smallest absolute Gasteiger partial charge is 0.150 e. The molecule has 1 aliphatic carbocycles. The fourth-order valence-corrected chi connectivity index (χ4v) is 4.30. The molecule has 1 heterocycles. The molecule has 5 heteroatoms. The van der Waals surface area contributed by atoms with Crippen LogP contribution in [0.4, 0.5) is 0 Å². The number of furan rings is 1. The van der Waals surface area contributed by atoms with E-state index >= 15 is 0 Å². The van der Waals surface area contributed by atoms with E-state index in [1.54, 1.807) is 0 Å². The summed E-state index contributed by atoms with van der Waals surface area (Å²) < 4.78 is 29.2. The summed E-state index contributed by atoms with van der Waals surface area (Å²) in [5.74, 6) is 2.13. The molecule has 2 rings (SSSR count). The van der Waals surface area contributed by atoms with Gasteiger partial charge in [0.15, 0.2) is 0 Å². The Morgan fingerprint density at radius 2 is 2.11 bits per heavy atom. The van der Waals surface area contributed by atoms with Gasteiger partial charge in [-0.2, -0.15) is 0 Å². The molecule has 19 heavy (non-hydrogen) atoms. The van der Waals surface area contributed by atoms with Crippen LogP contribution in [0, 0.1) is 12.8 Å². The Bertz CT molecular complexity index is 521. The molecule has 0 saturated heterocycles. The minimum absolute atomic E-state index is 0.109. The van der Waals surface area contributed by atoms with Gasteiger partial charge in [-0.1, -0.05) is 6.42 Å². The van der Waals surface area contributed by atoms with Crippen molar-refractivity contribution in [3.63, 3.8) is 0 Å². The number of sulfone groups is 1. The van der Waals surface area contributed by atoms with Gasteiger partial charge in [0.05, 0.1) is 11.3 Å². The molecule has 0 spiro atoms. The van der Waals surface area contributed by atoms with Crippen molar-refractivity contribution in [1.29, 1.82) is 0 Å². The van der Waals surface area contributed by atoms with Crippen LogP contribution in [-0.2, 0) is 9.84 Å². The Labute approximate surface area is 115 Å². The van der Waals surface area contributed by atoms with Gasteiger partial charge in [0.2, 0.25) is 0 Å². The monoisotopic (exact) mass is 285 g/mol. The maximum Gasteiger partial charge on any atom is 0.150 e. The van der Waals surface area contributed by atoms with E-state index in [4.69, 9.17) is 4.42 Å². The molecule has 1 aromatic rings. The molecule has 1 aromatic heterocycles. The number of aryl methyl sites for hydroxylation is 1. The Hall–Kier alpha value is -0.810. The van der Waals surface area contributed by atoms with Crippen molar-refractivity contribution >= 4 is 9.84 Å². The van der Waals surface area contributed by atoms with Crippen LogP contribution >= 0.6 is 0 Å². The Morgan fingerprint density at radius 3 is 2.63 bits per heavy atom. The molecule has 3 atom stereocenters. The molecule has 1 aliphatic rings. The predicted molar refractivity (Wildman–Crippen MR) is 75.8 cm³/mol. The molecule has 0 aliphatic heterocycles. The fraction of sp³-hybridized carbons (Fsp3) is 0.714. The highest BCUT2D eigenvalue weighted by Crippen LogP contribution is 2.37. The lowest BCUT2D eigenvalue weighted by atomic mass is 9.82. The van der Waals surface area contributed by atoms with Gasteiger partial charge < -0.3 is 9.73 Å². The lowest BCUT2D eigenvalue weighted by Crippen LogP contribution is -2.34. The van der Waals surface area contributed by atoms with Crippen LogP contribution in [0.15, 0.2) is 16.5 Å². The molecular weight excluding hydrogens is 262 g/mol. The van der Waals surface area contributed by atoms with Gasteiger partial charge in [0.25, 0.3) is 0 Å². The minimum atomic E-state index is -2.94. The molecule has 1 saturated carbocycles. The van der Waals surface area contributed by atoms with E-state index in [1.165, 1.54) is 6.26 Å². The molecule has 3 unspecified atom stereocenters. The van der Waals surface area contributed by atoms with Crippen molar-refractivity contribution in [2.75, 3.05) is 13.3 Å². The highest BCUT2D eigenvalue weighted by Gasteiger charge is 2.34. The zero-order valence-electron chi connectivity index (χ0n) is 11.8. The summed E-state index contributed by atoms with van der Waals surface area (Å²) in [6, 6.07) is 4.05. The first-order valence-electron chi connectivity index (χ1n) is 6.84. The molecule has 0 bridgehead atoms.